The van der Waals surface area contributed by atoms with Gasteiger partial charge in [-0.2, -0.15) is 0 Å². The molecule has 1 heterocycles. The number of methoxy groups -OCH3 is 2. The van der Waals surface area contributed by atoms with Gasteiger partial charge in [-0.25, -0.2) is 0 Å². The summed E-state index contributed by atoms with van der Waals surface area (Å²) < 4.78 is 10.6. The summed E-state index contributed by atoms with van der Waals surface area (Å²) in [6.07, 6.45) is 1.68. The van der Waals surface area contributed by atoms with Gasteiger partial charge >= 0.3 is 0 Å². The molecule has 0 aromatic heterocycles. The lowest BCUT2D eigenvalue weighted by atomic mass is 9.98. The zero-order valence-corrected chi connectivity index (χ0v) is 18.0. The summed E-state index contributed by atoms with van der Waals surface area (Å²) >= 11 is 0. The fourth-order valence-electron chi connectivity index (χ4n) is 4.04. The molecule has 0 saturated carbocycles. The Morgan fingerprint density at radius 2 is 1.58 bits per heavy atom. The first-order valence-corrected chi connectivity index (χ1v) is 10.6. The van der Waals surface area contributed by atoms with Crippen LogP contribution in [0.15, 0.2) is 72.8 Å². The molecule has 1 aliphatic heterocycles. The molecule has 3 aromatic rings. The second kappa shape index (κ2) is 9.67. The molecule has 0 bridgehead atoms. The summed E-state index contributed by atoms with van der Waals surface area (Å²) in [7, 11) is 3.33. The molecule has 31 heavy (non-hydrogen) atoms. The van der Waals surface area contributed by atoms with E-state index in [0.717, 1.165) is 42.1 Å². The van der Waals surface area contributed by atoms with Gasteiger partial charge in [0.05, 0.1) is 20.8 Å². The Morgan fingerprint density at radius 1 is 0.935 bits per heavy atom. The molecule has 5 heteroatoms. The first kappa shape index (κ1) is 20.9. The van der Waals surface area contributed by atoms with Crippen LogP contribution in [0.4, 0.5) is 5.69 Å². The normalized spacial score (nSPS) is 13.5. The van der Waals surface area contributed by atoms with Gasteiger partial charge in [0.2, 0.25) is 5.91 Å². The van der Waals surface area contributed by atoms with Gasteiger partial charge in [-0.05, 0) is 59.9 Å². The van der Waals surface area contributed by atoms with Crippen molar-refractivity contribution in [1.82, 2.24) is 5.32 Å². The summed E-state index contributed by atoms with van der Waals surface area (Å²) in [4.78, 5) is 14.9. The Bertz CT molecular complexity index is 1020. The summed E-state index contributed by atoms with van der Waals surface area (Å²) in [5.74, 6) is 1.75. The second-order valence-electron chi connectivity index (χ2n) is 7.68. The maximum Gasteiger partial charge on any atom is 0.240 e. The van der Waals surface area contributed by atoms with E-state index in [1.165, 1.54) is 11.1 Å². The van der Waals surface area contributed by atoms with E-state index >= 15 is 0 Å². The quantitative estimate of drug-likeness (QED) is 0.599. The van der Waals surface area contributed by atoms with E-state index in [1.54, 1.807) is 14.2 Å². The van der Waals surface area contributed by atoms with E-state index in [0.29, 0.717) is 0 Å². The largest absolute Gasteiger partial charge is 0.497 e. The van der Waals surface area contributed by atoms with Crippen LogP contribution in [-0.2, 0) is 17.6 Å². The second-order valence-corrected chi connectivity index (χ2v) is 7.68. The van der Waals surface area contributed by atoms with Crippen molar-refractivity contribution in [3.63, 3.8) is 0 Å². The van der Waals surface area contributed by atoms with Crippen LogP contribution in [-0.4, -0.2) is 33.2 Å². The first-order valence-electron chi connectivity index (χ1n) is 10.6. The van der Waals surface area contributed by atoms with Gasteiger partial charge in [0.25, 0.3) is 0 Å². The summed E-state index contributed by atoms with van der Waals surface area (Å²) in [5, 5.41) is 3.49. The minimum atomic E-state index is 0.00102. The monoisotopic (exact) mass is 416 g/mol. The van der Waals surface area contributed by atoms with Crippen molar-refractivity contribution in [3.8, 4) is 11.5 Å². The maximum absolute atomic E-state index is 13.0. The van der Waals surface area contributed by atoms with Crippen LogP contribution in [0.5, 0.6) is 11.5 Å². The van der Waals surface area contributed by atoms with Gasteiger partial charge < -0.3 is 19.7 Å². The van der Waals surface area contributed by atoms with Crippen LogP contribution in [0, 0.1) is 0 Å². The number of ether oxygens (including phenoxy) is 2. The van der Waals surface area contributed by atoms with Crippen molar-refractivity contribution in [3.05, 3.63) is 89.5 Å². The third kappa shape index (κ3) is 4.89. The van der Waals surface area contributed by atoms with Crippen LogP contribution >= 0.6 is 0 Å². The SMILES string of the molecule is COc1ccc(C[C@@H](NCC(=O)N2CCc3ccccc32)c2ccc(OC)cc2)cc1. The van der Waals surface area contributed by atoms with Crippen molar-refractivity contribution < 1.29 is 14.3 Å². The Morgan fingerprint density at radius 3 is 2.26 bits per heavy atom. The van der Waals surface area contributed by atoms with E-state index in [-0.39, 0.29) is 18.5 Å². The number of rotatable bonds is 8. The van der Waals surface area contributed by atoms with Gasteiger partial charge in [-0.3, -0.25) is 4.79 Å². The van der Waals surface area contributed by atoms with Gasteiger partial charge in [0, 0.05) is 18.3 Å². The van der Waals surface area contributed by atoms with Crippen molar-refractivity contribution in [2.24, 2.45) is 0 Å². The van der Waals surface area contributed by atoms with E-state index in [9.17, 15) is 4.79 Å². The molecule has 5 nitrogen and oxygen atoms in total. The molecule has 1 amide bonds. The molecular formula is C26H28N2O3. The lowest BCUT2D eigenvalue weighted by Crippen LogP contribution is -2.39. The predicted octanol–water partition coefficient (Wildman–Crippen LogP) is 4.17. The average molecular weight is 417 g/mol. The summed E-state index contributed by atoms with van der Waals surface area (Å²) in [6.45, 7) is 1.02. The van der Waals surface area contributed by atoms with Gasteiger partial charge in [-0.15, -0.1) is 0 Å². The Balaban J connectivity index is 1.49. The van der Waals surface area contributed by atoms with Crippen LogP contribution in [0.25, 0.3) is 0 Å². The fraction of sp³-hybridized carbons (Fsp3) is 0.269. The smallest absolute Gasteiger partial charge is 0.240 e. The zero-order valence-electron chi connectivity index (χ0n) is 18.0. The fourth-order valence-corrected chi connectivity index (χ4v) is 4.04. The molecule has 0 spiro atoms. The molecule has 0 radical (unpaired) electrons. The molecule has 1 N–H and O–H groups in total. The highest BCUT2D eigenvalue weighted by Gasteiger charge is 2.24. The highest BCUT2D eigenvalue weighted by atomic mass is 16.5. The third-order valence-electron chi connectivity index (χ3n) is 5.80. The number of fused-ring (bicyclic) bond motifs is 1. The Labute approximate surface area is 183 Å². The van der Waals surface area contributed by atoms with Crippen molar-refractivity contribution in [2.75, 3.05) is 32.2 Å². The molecule has 0 aliphatic carbocycles. The third-order valence-corrected chi connectivity index (χ3v) is 5.80. The highest BCUT2D eigenvalue weighted by Crippen LogP contribution is 2.28. The van der Waals surface area contributed by atoms with Crippen LogP contribution < -0.4 is 19.7 Å². The highest BCUT2D eigenvalue weighted by molar-refractivity contribution is 5.96. The summed E-state index contributed by atoms with van der Waals surface area (Å²) in [5.41, 5.74) is 4.56. The number of hydrogen-bond acceptors (Lipinski definition) is 4. The summed E-state index contributed by atoms with van der Waals surface area (Å²) in [6, 6.07) is 24.2. The molecular weight excluding hydrogens is 388 g/mol. The maximum atomic E-state index is 13.0. The lowest BCUT2D eigenvalue weighted by molar-refractivity contribution is -0.117. The molecule has 160 valence electrons. The Hall–Kier alpha value is -3.31. The standard InChI is InChI=1S/C26H28N2O3/c1-30-22-11-7-19(8-12-22)17-24(20-9-13-23(31-2)14-10-20)27-18-26(29)28-16-15-21-5-3-4-6-25(21)28/h3-14,24,27H,15-18H2,1-2H3/t24-/m1/s1. The van der Waals surface area contributed by atoms with Crippen LogP contribution in [0.2, 0.25) is 0 Å². The average Bonchev–Trinajstić information content (AvgIpc) is 3.26. The zero-order chi connectivity index (χ0) is 21.6. The molecule has 0 unspecified atom stereocenters. The number of para-hydroxylation sites is 1. The number of nitrogens with one attached hydrogen (secondary N) is 1. The molecule has 0 fully saturated rings. The lowest BCUT2D eigenvalue weighted by Gasteiger charge is -2.23. The number of carbonyl (C=O) groups is 1. The molecule has 3 aromatic carbocycles. The van der Waals surface area contributed by atoms with Gasteiger partial charge in [-0.1, -0.05) is 42.5 Å². The molecule has 4 rings (SSSR count). The molecule has 0 saturated heterocycles. The van der Waals surface area contributed by atoms with Gasteiger partial charge in [0.1, 0.15) is 11.5 Å². The minimum absolute atomic E-state index is 0.00102. The topological polar surface area (TPSA) is 50.8 Å². The van der Waals surface area contributed by atoms with E-state index in [4.69, 9.17) is 9.47 Å². The van der Waals surface area contributed by atoms with E-state index in [1.807, 2.05) is 47.4 Å². The minimum Gasteiger partial charge on any atom is -0.497 e. The van der Waals surface area contributed by atoms with Crippen LogP contribution in [0.1, 0.15) is 22.7 Å². The van der Waals surface area contributed by atoms with Crippen molar-refractivity contribution in [1.29, 1.82) is 0 Å². The molecule has 1 aliphatic rings. The number of amides is 1. The van der Waals surface area contributed by atoms with Gasteiger partial charge in [0.15, 0.2) is 0 Å². The van der Waals surface area contributed by atoms with E-state index in [2.05, 4.69) is 35.6 Å². The van der Waals surface area contributed by atoms with Crippen LogP contribution in [0.3, 0.4) is 0 Å². The molecule has 1 atom stereocenters. The van der Waals surface area contributed by atoms with E-state index < -0.39 is 0 Å². The first-order chi connectivity index (χ1) is 15.2. The number of nitrogens with zero attached hydrogens (tertiary/aromatic N) is 1. The number of anilines is 1. The van der Waals surface area contributed by atoms with Crippen molar-refractivity contribution in [2.45, 2.75) is 18.9 Å². The van der Waals surface area contributed by atoms with Crippen molar-refractivity contribution >= 4 is 11.6 Å². The Kier molecular flexibility index (Phi) is 6.53. The predicted molar refractivity (Wildman–Crippen MR) is 123 cm³/mol. The number of hydrogen-bond donors (Lipinski definition) is 1. The number of benzene rings is 3. The number of carbonyl (C=O) groups excluding carboxylic acids is 1.